The van der Waals surface area contributed by atoms with Gasteiger partial charge in [0.15, 0.2) is 0 Å². The minimum Gasteiger partial charge on any atom is -0.481 e. The van der Waals surface area contributed by atoms with E-state index in [4.69, 9.17) is 4.98 Å². The minimum absolute atomic E-state index is 0.566. The van der Waals surface area contributed by atoms with Crippen LogP contribution in [-0.2, 0) is 17.6 Å². The first-order chi connectivity index (χ1) is 14.1. The number of fused-ring (bicyclic) bond motifs is 2. The SMILES string of the molecule is CCCC(C(=O)O)c1c(C)nc2cc3c(cc2c1C#Sc1ccccc1)CCC3. The van der Waals surface area contributed by atoms with Crippen LogP contribution in [0.25, 0.3) is 10.9 Å². The number of hydrogen-bond acceptors (Lipinski definition) is 2. The van der Waals surface area contributed by atoms with Gasteiger partial charge in [-0.25, -0.2) is 0 Å². The maximum Gasteiger partial charge on any atom is 0.311 e. The van der Waals surface area contributed by atoms with Gasteiger partial charge < -0.3 is 5.11 Å². The fourth-order valence-corrected chi connectivity index (χ4v) is 5.02. The summed E-state index contributed by atoms with van der Waals surface area (Å²) in [5.41, 5.74) is 6.20. The number of hydrogen-bond donors (Lipinski definition) is 1. The highest BCUT2D eigenvalue weighted by atomic mass is 32.1. The maximum absolute atomic E-state index is 12.1. The quantitative estimate of drug-likeness (QED) is 0.573. The molecule has 0 spiro atoms. The Morgan fingerprint density at radius 3 is 2.62 bits per heavy atom. The third-order valence-electron chi connectivity index (χ3n) is 5.66. The van der Waals surface area contributed by atoms with E-state index in [2.05, 4.69) is 17.3 Å². The number of aromatic nitrogens is 1. The van der Waals surface area contributed by atoms with Gasteiger partial charge in [0.05, 0.1) is 11.4 Å². The molecule has 0 saturated heterocycles. The Labute approximate surface area is 175 Å². The van der Waals surface area contributed by atoms with E-state index in [1.807, 2.05) is 44.2 Å². The maximum atomic E-state index is 12.1. The van der Waals surface area contributed by atoms with E-state index in [9.17, 15) is 9.90 Å². The second-order valence-electron chi connectivity index (χ2n) is 7.67. The number of carboxylic acid groups (broad SMARTS) is 1. The van der Waals surface area contributed by atoms with Crippen molar-refractivity contribution in [1.29, 1.82) is 0 Å². The van der Waals surface area contributed by atoms with E-state index in [0.29, 0.717) is 6.42 Å². The van der Waals surface area contributed by atoms with Crippen molar-refractivity contribution in [2.24, 2.45) is 0 Å². The first-order valence-electron chi connectivity index (χ1n) is 10.2. The number of pyridine rings is 1. The zero-order valence-corrected chi connectivity index (χ0v) is 17.7. The van der Waals surface area contributed by atoms with Crippen LogP contribution >= 0.6 is 11.2 Å². The van der Waals surface area contributed by atoms with Gasteiger partial charge in [0, 0.05) is 27.1 Å². The van der Waals surface area contributed by atoms with E-state index in [1.54, 1.807) is 0 Å². The van der Waals surface area contributed by atoms with Crippen molar-refractivity contribution < 1.29 is 9.90 Å². The summed E-state index contributed by atoms with van der Waals surface area (Å²) >= 11 is 1.52. The lowest BCUT2D eigenvalue weighted by atomic mass is 9.87. The molecule has 3 nitrogen and oxygen atoms in total. The lowest BCUT2D eigenvalue weighted by molar-refractivity contribution is -0.139. The Hall–Kier alpha value is -2.68. The molecule has 0 amide bonds. The molecular weight excluding hydrogens is 378 g/mol. The van der Waals surface area contributed by atoms with Gasteiger partial charge in [-0.15, -0.1) is 0 Å². The molecule has 1 unspecified atom stereocenters. The molecule has 4 rings (SSSR count). The summed E-state index contributed by atoms with van der Waals surface area (Å²) in [6.45, 7) is 3.96. The van der Waals surface area contributed by atoms with Crippen LogP contribution in [0.5, 0.6) is 0 Å². The van der Waals surface area contributed by atoms with Crippen molar-refractivity contribution in [2.75, 3.05) is 0 Å². The summed E-state index contributed by atoms with van der Waals surface area (Å²) in [6, 6.07) is 14.5. The topological polar surface area (TPSA) is 50.2 Å². The van der Waals surface area contributed by atoms with E-state index >= 15 is 0 Å². The smallest absolute Gasteiger partial charge is 0.311 e. The molecule has 4 heteroatoms. The Morgan fingerprint density at radius 1 is 1.21 bits per heavy atom. The number of carbonyl (C=O) groups is 1. The van der Waals surface area contributed by atoms with Gasteiger partial charge in [-0.3, -0.25) is 9.78 Å². The molecule has 1 N–H and O–H groups in total. The van der Waals surface area contributed by atoms with Gasteiger partial charge in [-0.1, -0.05) is 42.7 Å². The van der Waals surface area contributed by atoms with Gasteiger partial charge in [-0.05, 0) is 73.2 Å². The van der Waals surface area contributed by atoms with E-state index in [-0.39, 0.29) is 0 Å². The highest BCUT2D eigenvalue weighted by Crippen LogP contribution is 2.35. The molecule has 0 saturated carbocycles. The van der Waals surface area contributed by atoms with Gasteiger partial charge in [-0.2, -0.15) is 0 Å². The Morgan fingerprint density at radius 2 is 1.93 bits per heavy atom. The monoisotopic (exact) mass is 403 g/mol. The number of aliphatic carboxylic acids is 1. The molecule has 1 aliphatic carbocycles. The molecule has 29 heavy (non-hydrogen) atoms. The fourth-order valence-electron chi connectivity index (χ4n) is 4.29. The average Bonchev–Trinajstić information content (AvgIpc) is 3.17. The molecule has 148 valence electrons. The highest BCUT2D eigenvalue weighted by molar-refractivity contribution is 7.88. The largest absolute Gasteiger partial charge is 0.481 e. The zero-order valence-electron chi connectivity index (χ0n) is 16.9. The number of benzene rings is 2. The molecule has 0 aliphatic heterocycles. The van der Waals surface area contributed by atoms with Gasteiger partial charge in [0.25, 0.3) is 0 Å². The molecule has 3 aromatic rings. The molecule has 2 aromatic carbocycles. The van der Waals surface area contributed by atoms with Crippen LogP contribution in [0, 0.1) is 12.1 Å². The predicted molar refractivity (Wildman–Crippen MR) is 119 cm³/mol. The van der Waals surface area contributed by atoms with Crippen LogP contribution < -0.4 is 0 Å². The van der Waals surface area contributed by atoms with Crippen LogP contribution in [0.2, 0.25) is 0 Å². The average molecular weight is 404 g/mol. The summed E-state index contributed by atoms with van der Waals surface area (Å²) in [4.78, 5) is 18.1. The minimum atomic E-state index is -0.787. The van der Waals surface area contributed by atoms with Crippen molar-refractivity contribution in [3.63, 3.8) is 0 Å². The molecule has 0 fully saturated rings. The first-order valence-corrected chi connectivity index (χ1v) is 11.1. The van der Waals surface area contributed by atoms with Crippen molar-refractivity contribution in [1.82, 2.24) is 4.98 Å². The summed E-state index contributed by atoms with van der Waals surface area (Å²) in [5, 5.41) is 14.5. The summed E-state index contributed by atoms with van der Waals surface area (Å²) in [6.07, 6.45) is 4.76. The Kier molecular flexibility index (Phi) is 5.66. The summed E-state index contributed by atoms with van der Waals surface area (Å²) < 4.78 is 0. The second kappa shape index (κ2) is 8.36. The third-order valence-corrected chi connectivity index (χ3v) is 6.48. The highest BCUT2D eigenvalue weighted by Gasteiger charge is 2.26. The molecular formula is C25H25NO2S. The van der Waals surface area contributed by atoms with Gasteiger partial charge in [0.2, 0.25) is 0 Å². The van der Waals surface area contributed by atoms with Gasteiger partial charge >= 0.3 is 5.97 Å². The molecule has 0 radical (unpaired) electrons. The van der Waals surface area contributed by atoms with Crippen LogP contribution in [0.4, 0.5) is 0 Å². The van der Waals surface area contributed by atoms with Crippen molar-refractivity contribution in [2.45, 2.75) is 56.8 Å². The van der Waals surface area contributed by atoms with Crippen LogP contribution in [0.1, 0.15) is 60.1 Å². The van der Waals surface area contributed by atoms with Crippen LogP contribution in [0.3, 0.4) is 0 Å². The number of aryl methyl sites for hydroxylation is 3. The molecule has 1 heterocycles. The molecule has 1 aliphatic rings. The Bertz CT molecular complexity index is 1140. The predicted octanol–water partition coefficient (Wildman–Crippen LogP) is 6.10. The molecule has 1 atom stereocenters. The van der Waals surface area contributed by atoms with E-state index in [1.165, 1.54) is 28.7 Å². The van der Waals surface area contributed by atoms with Crippen LogP contribution in [0.15, 0.2) is 47.4 Å². The van der Waals surface area contributed by atoms with E-state index < -0.39 is 11.9 Å². The lowest BCUT2D eigenvalue weighted by Gasteiger charge is -2.18. The van der Waals surface area contributed by atoms with Crippen molar-refractivity contribution in [3.05, 3.63) is 70.4 Å². The second-order valence-corrected chi connectivity index (χ2v) is 8.55. The number of nitrogens with zero attached hydrogens (tertiary/aromatic N) is 1. The zero-order chi connectivity index (χ0) is 20.4. The fraction of sp³-hybridized carbons (Fsp3) is 0.320. The van der Waals surface area contributed by atoms with Crippen molar-refractivity contribution >= 4 is 28.0 Å². The first kappa shape index (κ1) is 19.6. The standard InChI is InChI=1S/C25H25NO2S/c1-3-8-20(25(27)28)24-16(2)26-23-14-18-10-7-9-17(18)13-21(23)22(24)15-29-19-11-5-4-6-12-19/h4-6,11-14,20H,3,7-10H2,1-2H3,(H,27,28). The summed E-state index contributed by atoms with van der Waals surface area (Å²) in [7, 11) is 0. The normalized spacial score (nSPS) is 13.7. The Balaban J connectivity index is 2.00. The van der Waals surface area contributed by atoms with Crippen LogP contribution in [-0.4, -0.2) is 16.1 Å². The molecule has 0 bridgehead atoms. The lowest BCUT2D eigenvalue weighted by Crippen LogP contribution is -2.15. The van der Waals surface area contributed by atoms with E-state index in [0.717, 1.165) is 51.9 Å². The van der Waals surface area contributed by atoms with Crippen molar-refractivity contribution in [3.8, 4) is 5.18 Å². The van der Waals surface area contributed by atoms with Gasteiger partial charge in [0.1, 0.15) is 0 Å². The summed E-state index contributed by atoms with van der Waals surface area (Å²) in [5.74, 6) is -1.35. The molecule has 1 aromatic heterocycles. The number of carboxylic acids is 1. The number of rotatable bonds is 4. The third kappa shape index (κ3) is 3.91.